The van der Waals surface area contributed by atoms with Crippen LogP contribution in [0.25, 0.3) is 0 Å². The monoisotopic (exact) mass is 401 g/mol. The van der Waals surface area contributed by atoms with Crippen molar-refractivity contribution in [2.75, 3.05) is 13.1 Å². The summed E-state index contributed by atoms with van der Waals surface area (Å²) in [6, 6.07) is 14.8. The van der Waals surface area contributed by atoms with Gasteiger partial charge in [0.1, 0.15) is 11.9 Å². The van der Waals surface area contributed by atoms with E-state index in [0.29, 0.717) is 12.6 Å². The van der Waals surface area contributed by atoms with Crippen molar-refractivity contribution in [1.29, 1.82) is 0 Å². The molecule has 3 aromatic rings. The summed E-state index contributed by atoms with van der Waals surface area (Å²) in [6.07, 6.45) is 2.28. The maximum absolute atomic E-state index is 13.3. The van der Waals surface area contributed by atoms with Crippen LogP contribution < -0.4 is 10.2 Å². The highest BCUT2D eigenvalue weighted by Gasteiger charge is 2.32. The molecule has 4 rings (SSSR count). The van der Waals surface area contributed by atoms with E-state index in [0.717, 1.165) is 29.8 Å². The Hall–Kier alpha value is -2.02. The highest BCUT2D eigenvalue weighted by Crippen LogP contribution is 2.26. The summed E-state index contributed by atoms with van der Waals surface area (Å²) in [7, 11) is 0. The van der Waals surface area contributed by atoms with E-state index in [-0.39, 0.29) is 17.8 Å². The number of halogens is 1. The van der Waals surface area contributed by atoms with E-state index >= 15 is 0 Å². The molecular formula is C21H22FN2OS2+. The number of thiophene rings is 2. The molecule has 3 atom stereocenters. The zero-order chi connectivity index (χ0) is 18.6. The number of hydrogen-bond acceptors (Lipinski definition) is 3. The lowest BCUT2D eigenvalue weighted by Crippen LogP contribution is -3.11. The van der Waals surface area contributed by atoms with Gasteiger partial charge >= 0.3 is 0 Å². The van der Waals surface area contributed by atoms with E-state index in [9.17, 15) is 9.18 Å². The van der Waals surface area contributed by atoms with Crippen LogP contribution in [-0.2, 0) is 4.79 Å². The quantitative estimate of drug-likeness (QED) is 0.650. The molecule has 1 saturated heterocycles. The highest BCUT2D eigenvalue weighted by molar-refractivity contribution is 7.10. The summed E-state index contributed by atoms with van der Waals surface area (Å²) < 4.78 is 13.3. The molecule has 1 unspecified atom stereocenters. The first-order valence-corrected chi connectivity index (χ1v) is 10.9. The average molecular weight is 402 g/mol. The highest BCUT2D eigenvalue weighted by atomic mass is 32.1. The van der Waals surface area contributed by atoms with Crippen molar-refractivity contribution in [2.24, 2.45) is 0 Å². The third-order valence-corrected chi connectivity index (χ3v) is 7.02. The van der Waals surface area contributed by atoms with E-state index in [1.807, 2.05) is 17.5 Å². The fourth-order valence-electron chi connectivity index (χ4n) is 3.80. The molecule has 0 radical (unpaired) electrons. The molecule has 3 nitrogen and oxygen atoms in total. The van der Waals surface area contributed by atoms with E-state index in [4.69, 9.17) is 0 Å². The summed E-state index contributed by atoms with van der Waals surface area (Å²) in [6.45, 7) is 1.49. The molecule has 3 heterocycles. The molecule has 1 aliphatic heterocycles. The molecule has 0 saturated carbocycles. The van der Waals surface area contributed by atoms with Crippen molar-refractivity contribution >= 4 is 28.6 Å². The molecule has 140 valence electrons. The molecule has 0 spiro atoms. The van der Waals surface area contributed by atoms with Gasteiger partial charge in [-0.2, -0.15) is 0 Å². The molecule has 0 bridgehead atoms. The van der Waals surface area contributed by atoms with E-state index < -0.39 is 0 Å². The SMILES string of the molecule is O=C(C[NH+]1CCC[C@@H]1c1cccs1)N[C@@H](c1ccc(F)cc1)c1cccs1. The van der Waals surface area contributed by atoms with Crippen LogP contribution in [0.2, 0.25) is 0 Å². The van der Waals surface area contributed by atoms with Gasteiger partial charge in [-0.15, -0.1) is 22.7 Å². The van der Waals surface area contributed by atoms with Crippen molar-refractivity contribution in [1.82, 2.24) is 5.32 Å². The van der Waals surface area contributed by atoms with Gasteiger partial charge in [0.25, 0.3) is 5.91 Å². The van der Waals surface area contributed by atoms with Crippen LogP contribution in [0.1, 0.15) is 40.2 Å². The number of amides is 1. The predicted molar refractivity (Wildman–Crippen MR) is 108 cm³/mol. The number of carbonyl (C=O) groups excluding carboxylic acids is 1. The number of rotatable bonds is 6. The van der Waals surface area contributed by atoms with E-state index in [1.54, 1.807) is 34.8 Å². The van der Waals surface area contributed by atoms with Gasteiger partial charge in [0.2, 0.25) is 0 Å². The smallest absolute Gasteiger partial charge is 0.275 e. The van der Waals surface area contributed by atoms with Gasteiger partial charge in [-0.25, -0.2) is 4.39 Å². The zero-order valence-electron chi connectivity index (χ0n) is 14.9. The maximum atomic E-state index is 13.3. The van der Waals surface area contributed by atoms with Crippen LogP contribution in [-0.4, -0.2) is 19.0 Å². The molecule has 2 N–H and O–H groups in total. The van der Waals surface area contributed by atoms with Gasteiger partial charge in [-0.05, 0) is 40.6 Å². The summed E-state index contributed by atoms with van der Waals surface area (Å²) >= 11 is 3.37. The first-order valence-electron chi connectivity index (χ1n) is 9.17. The first kappa shape index (κ1) is 18.3. The first-order chi connectivity index (χ1) is 13.2. The summed E-state index contributed by atoms with van der Waals surface area (Å²) in [5.74, 6) is -0.230. The summed E-state index contributed by atoms with van der Waals surface area (Å²) in [4.78, 5) is 16.6. The van der Waals surface area contributed by atoms with Gasteiger partial charge in [-0.3, -0.25) is 4.79 Å². The van der Waals surface area contributed by atoms with Crippen LogP contribution >= 0.6 is 22.7 Å². The number of carbonyl (C=O) groups is 1. The van der Waals surface area contributed by atoms with Crippen molar-refractivity contribution in [3.63, 3.8) is 0 Å². The van der Waals surface area contributed by atoms with Gasteiger partial charge in [0.05, 0.1) is 17.5 Å². The van der Waals surface area contributed by atoms with Crippen molar-refractivity contribution in [3.8, 4) is 0 Å². The lowest BCUT2D eigenvalue weighted by molar-refractivity contribution is -0.910. The molecule has 1 fully saturated rings. The van der Waals surface area contributed by atoms with Gasteiger partial charge < -0.3 is 10.2 Å². The topological polar surface area (TPSA) is 33.5 Å². The molecule has 1 amide bonds. The van der Waals surface area contributed by atoms with Crippen molar-refractivity contribution in [3.05, 3.63) is 80.4 Å². The minimum Gasteiger partial charge on any atom is -0.339 e. The molecule has 0 aliphatic carbocycles. The van der Waals surface area contributed by atoms with Crippen molar-refractivity contribution < 1.29 is 14.1 Å². The lowest BCUT2D eigenvalue weighted by Gasteiger charge is -2.23. The predicted octanol–water partition coefficient (Wildman–Crippen LogP) is 3.57. The number of benzene rings is 1. The minimum absolute atomic E-state index is 0.0381. The number of quaternary nitrogens is 1. The molecular weight excluding hydrogens is 379 g/mol. The Kier molecular flexibility index (Phi) is 5.66. The number of hydrogen-bond donors (Lipinski definition) is 2. The van der Waals surface area contributed by atoms with Gasteiger partial charge in [-0.1, -0.05) is 24.3 Å². The Morgan fingerprint density at radius 1 is 1.15 bits per heavy atom. The third kappa shape index (κ3) is 4.29. The number of nitrogens with one attached hydrogen (secondary N) is 2. The third-order valence-electron chi connectivity index (χ3n) is 5.09. The maximum Gasteiger partial charge on any atom is 0.275 e. The summed E-state index contributed by atoms with van der Waals surface area (Å²) in [5.41, 5.74) is 0.901. The Labute approximate surface area is 166 Å². The number of likely N-dealkylation sites (tertiary alicyclic amines) is 1. The Morgan fingerprint density at radius 2 is 1.93 bits per heavy atom. The van der Waals surface area contributed by atoms with Crippen LogP contribution in [0, 0.1) is 5.82 Å². The Morgan fingerprint density at radius 3 is 2.63 bits per heavy atom. The molecule has 27 heavy (non-hydrogen) atoms. The van der Waals surface area contributed by atoms with E-state index in [1.165, 1.54) is 21.9 Å². The zero-order valence-corrected chi connectivity index (χ0v) is 16.5. The normalized spacial score (nSPS) is 20.5. The molecule has 2 aromatic heterocycles. The average Bonchev–Trinajstić information content (AvgIpc) is 3.42. The standard InChI is InChI=1S/C21H21FN2OS2/c22-16-9-7-15(8-10-16)21(19-6-3-13-27-19)23-20(25)14-24-11-1-4-17(24)18-5-2-12-26-18/h2-3,5-10,12-13,17,21H,1,4,11,14H2,(H,23,25)/p+1/t17-,21+/m1/s1. The second kappa shape index (κ2) is 8.33. The molecule has 1 aliphatic rings. The Balaban J connectivity index is 1.48. The van der Waals surface area contributed by atoms with Crippen LogP contribution in [0.3, 0.4) is 0 Å². The Bertz CT molecular complexity index is 862. The fraction of sp³-hybridized carbons (Fsp3) is 0.286. The largest absolute Gasteiger partial charge is 0.339 e. The van der Waals surface area contributed by atoms with Crippen LogP contribution in [0.4, 0.5) is 4.39 Å². The minimum atomic E-state index is -0.268. The second-order valence-electron chi connectivity index (χ2n) is 6.86. The molecule has 6 heteroatoms. The van der Waals surface area contributed by atoms with E-state index in [2.05, 4.69) is 22.8 Å². The van der Waals surface area contributed by atoms with Gasteiger partial charge in [0.15, 0.2) is 6.54 Å². The van der Waals surface area contributed by atoms with Crippen LogP contribution in [0.5, 0.6) is 0 Å². The van der Waals surface area contributed by atoms with Gasteiger partial charge in [0, 0.05) is 17.7 Å². The summed E-state index contributed by atoms with van der Waals surface area (Å²) in [5, 5.41) is 7.28. The fourth-order valence-corrected chi connectivity index (χ4v) is 5.53. The second-order valence-corrected chi connectivity index (χ2v) is 8.82. The van der Waals surface area contributed by atoms with Crippen molar-refractivity contribution in [2.45, 2.75) is 24.9 Å². The molecule has 1 aromatic carbocycles. The lowest BCUT2D eigenvalue weighted by atomic mass is 10.1. The van der Waals surface area contributed by atoms with Crippen LogP contribution in [0.15, 0.2) is 59.3 Å².